The highest BCUT2D eigenvalue weighted by Crippen LogP contribution is 2.54. The Hall–Kier alpha value is -7.02. The summed E-state index contributed by atoms with van der Waals surface area (Å²) in [6, 6.07) is 14.6. The summed E-state index contributed by atoms with van der Waals surface area (Å²) in [4.78, 5) is 9.04. The van der Waals surface area contributed by atoms with Gasteiger partial charge in [-0.05, 0) is 71.3 Å². The number of ether oxygens (including phenoxy) is 5. The molecule has 0 saturated carbocycles. The molecule has 0 fully saturated rings. The molecular formula is C49H50N2O11. The normalized spacial score (nSPS) is 13.4. The van der Waals surface area contributed by atoms with Gasteiger partial charge in [-0.25, -0.2) is 0 Å². The molecule has 0 aromatic heterocycles. The fraction of sp³-hybridized carbons (Fsp3) is 0.306. The van der Waals surface area contributed by atoms with Gasteiger partial charge in [-0.2, -0.15) is 0 Å². The zero-order valence-corrected chi connectivity index (χ0v) is 35.5. The molecule has 0 saturated heterocycles. The lowest BCUT2D eigenvalue weighted by Crippen LogP contribution is -2.03. The minimum atomic E-state index is -0.458. The zero-order chi connectivity index (χ0) is 44.0. The molecule has 0 bridgehead atoms. The van der Waals surface area contributed by atoms with E-state index in [1.54, 1.807) is 32.0 Å². The number of aromatic hydroxyl groups is 6. The number of nitrogens with zero attached hydrogens (tertiary/aromatic N) is 2. The van der Waals surface area contributed by atoms with Crippen LogP contribution in [0.3, 0.4) is 0 Å². The van der Waals surface area contributed by atoms with Gasteiger partial charge in [0.05, 0.1) is 19.7 Å². The van der Waals surface area contributed by atoms with E-state index in [1.807, 2.05) is 58.0 Å². The topological polar surface area (TPSA) is 192 Å². The quantitative estimate of drug-likeness (QED) is 0.0369. The van der Waals surface area contributed by atoms with Gasteiger partial charge in [0, 0.05) is 75.1 Å². The van der Waals surface area contributed by atoms with E-state index in [1.165, 1.54) is 12.4 Å². The Morgan fingerprint density at radius 1 is 0.581 bits per heavy atom. The molecule has 0 radical (unpaired) electrons. The Kier molecular flexibility index (Phi) is 11.3. The van der Waals surface area contributed by atoms with Crippen molar-refractivity contribution in [1.82, 2.24) is 0 Å². The summed E-state index contributed by atoms with van der Waals surface area (Å²) >= 11 is 0. The SMILES string of the molecule is Cc1cc2c(C(C)C)c(O)c(O)c(C=NCCOc3ccc4c(c3)OCC4)c2c(O)c1-c1c(C)cc2c(C(C)C)c(O)c(O)c(C=NCCOc3ccc4c(c3)OCO4)c2c1O. The predicted octanol–water partition coefficient (Wildman–Crippen LogP) is 9.42. The van der Waals surface area contributed by atoms with E-state index < -0.39 is 11.5 Å². The van der Waals surface area contributed by atoms with Gasteiger partial charge in [-0.15, -0.1) is 0 Å². The van der Waals surface area contributed by atoms with Gasteiger partial charge >= 0.3 is 0 Å². The van der Waals surface area contributed by atoms with Crippen LogP contribution in [0.5, 0.6) is 63.2 Å². The number of aryl methyl sites for hydroxylation is 2. The van der Waals surface area contributed by atoms with Crippen LogP contribution in [0, 0.1) is 13.8 Å². The molecule has 0 aliphatic carbocycles. The van der Waals surface area contributed by atoms with Crippen molar-refractivity contribution < 1.29 is 54.3 Å². The standard InChI is InChI=1S/C49H50N2O11/c1-24(2)38-31-17-26(5)40(46(54)42(31)33(44(52)48(38)56)21-50-12-15-58-29-8-7-28-11-14-60-36(28)19-29)41-27(6)18-32-39(25(3)4)49(57)45(53)34(43(32)47(41)55)22-51-13-16-59-30-9-10-35-37(20-30)62-23-61-35/h7-10,17-22,24-25,52-57H,11-16,23H2,1-6H3. The number of phenolic OH excluding ortho intramolecular Hbond substituents is 6. The van der Waals surface area contributed by atoms with E-state index in [0.717, 1.165) is 17.7 Å². The van der Waals surface area contributed by atoms with Gasteiger partial charge in [-0.3, -0.25) is 9.98 Å². The maximum Gasteiger partial charge on any atom is 0.231 e. The molecule has 2 aliphatic rings. The average molecular weight is 843 g/mol. The van der Waals surface area contributed by atoms with Crippen molar-refractivity contribution >= 4 is 34.0 Å². The van der Waals surface area contributed by atoms with E-state index >= 15 is 0 Å². The lowest BCUT2D eigenvalue weighted by Gasteiger charge is -2.23. The number of rotatable bonds is 13. The second-order valence-electron chi connectivity index (χ2n) is 16.2. The first kappa shape index (κ1) is 41.7. The lowest BCUT2D eigenvalue weighted by atomic mass is 9.83. The van der Waals surface area contributed by atoms with E-state index in [4.69, 9.17) is 23.7 Å². The van der Waals surface area contributed by atoms with Gasteiger partial charge in [-0.1, -0.05) is 45.9 Å². The van der Waals surface area contributed by atoms with Crippen LogP contribution in [-0.2, 0) is 6.42 Å². The van der Waals surface area contributed by atoms with Crippen molar-refractivity contribution in [1.29, 1.82) is 0 Å². The molecule has 6 N–H and O–H groups in total. The Bertz CT molecular complexity index is 2620. The Morgan fingerprint density at radius 2 is 1.06 bits per heavy atom. The second-order valence-corrected chi connectivity index (χ2v) is 16.2. The maximum atomic E-state index is 12.4. The molecule has 62 heavy (non-hydrogen) atoms. The van der Waals surface area contributed by atoms with Gasteiger partial charge in [0.25, 0.3) is 0 Å². The molecule has 0 spiro atoms. The van der Waals surface area contributed by atoms with Crippen molar-refractivity contribution in [3.05, 3.63) is 87.5 Å². The first-order chi connectivity index (χ1) is 29.8. The van der Waals surface area contributed by atoms with Gasteiger partial charge in [0.15, 0.2) is 34.5 Å². The molecule has 6 aromatic carbocycles. The molecule has 0 unspecified atom stereocenters. The summed E-state index contributed by atoms with van der Waals surface area (Å²) in [6.45, 7) is 12.6. The largest absolute Gasteiger partial charge is 0.507 e. The number of fused-ring (bicyclic) bond motifs is 4. The van der Waals surface area contributed by atoms with Crippen LogP contribution in [0.4, 0.5) is 0 Å². The highest BCUT2D eigenvalue weighted by molar-refractivity contribution is 6.15. The minimum absolute atomic E-state index is 0.0776. The van der Waals surface area contributed by atoms with E-state index in [9.17, 15) is 30.6 Å². The predicted molar refractivity (Wildman–Crippen MR) is 239 cm³/mol. The molecule has 0 atom stereocenters. The molecule has 13 heteroatoms. The van der Waals surface area contributed by atoms with Crippen molar-refractivity contribution in [2.24, 2.45) is 9.98 Å². The molecular weight excluding hydrogens is 793 g/mol. The summed E-state index contributed by atoms with van der Waals surface area (Å²) in [5.41, 5.74) is 3.83. The monoisotopic (exact) mass is 842 g/mol. The number of aliphatic imine (C=N–C) groups is 2. The van der Waals surface area contributed by atoms with Gasteiger partial charge in [0.1, 0.15) is 42.0 Å². The molecule has 8 rings (SSSR count). The van der Waals surface area contributed by atoms with Crippen molar-refractivity contribution in [2.75, 3.05) is 39.7 Å². The third-order valence-corrected chi connectivity index (χ3v) is 11.4. The Morgan fingerprint density at radius 3 is 1.58 bits per heavy atom. The zero-order valence-electron chi connectivity index (χ0n) is 35.5. The summed E-state index contributed by atoms with van der Waals surface area (Å²) in [7, 11) is 0. The molecule has 322 valence electrons. The first-order valence-electron chi connectivity index (χ1n) is 20.7. The van der Waals surface area contributed by atoms with Crippen LogP contribution >= 0.6 is 0 Å². The van der Waals surface area contributed by atoms with Crippen LogP contribution in [0.2, 0.25) is 0 Å². The summed E-state index contributed by atoms with van der Waals surface area (Å²) in [6.07, 6.45) is 3.66. The number of benzene rings is 6. The van der Waals surface area contributed by atoms with Crippen LogP contribution in [0.15, 0.2) is 58.5 Å². The third kappa shape index (κ3) is 7.41. The van der Waals surface area contributed by atoms with Crippen LogP contribution < -0.4 is 23.7 Å². The smallest absolute Gasteiger partial charge is 0.231 e. The van der Waals surface area contributed by atoms with Gasteiger partial charge < -0.3 is 54.3 Å². The summed E-state index contributed by atoms with van der Waals surface area (Å²) in [5.74, 6) is 0.643. The number of phenols is 6. The van der Waals surface area contributed by atoms with Crippen molar-refractivity contribution in [3.8, 4) is 74.4 Å². The fourth-order valence-corrected chi connectivity index (χ4v) is 8.57. The van der Waals surface area contributed by atoms with Crippen LogP contribution in [0.1, 0.15) is 78.5 Å². The second kappa shape index (κ2) is 16.8. The van der Waals surface area contributed by atoms with E-state index in [2.05, 4.69) is 9.98 Å². The maximum absolute atomic E-state index is 12.4. The Balaban J connectivity index is 1.20. The molecule has 2 heterocycles. The fourth-order valence-electron chi connectivity index (χ4n) is 8.57. The average Bonchev–Trinajstić information content (AvgIpc) is 3.91. The van der Waals surface area contributed by atoms with Crippen molar-refractivity contribution in [2.45, 2.75) is 59.8 Å². The highest BCUT2D eigenvalue weighted by atomic mass is 16.7. The molecule has 6 aromatic rings. The summed E-state index contributed by atoms with van der Waals surface area (Å²) < 4.78 is 28.2. The highest BCUT2D eigenvalue weighted by Gasteiger charge is 2.30. The van der Waals surface area contributed by atoms with Gasteiger partial charge in [0.2, 0.25) is 6.79 Å². The first-order valence-corrected chi connectivity index (χ1v) is 20.7. The third-order valence-electron chi connectivity index (χ3n) is 11.4. The lowest BCUT2D eigenvalue weighted by molar-refractivity contribution is 0.173. The van der Waals surface area contributed by atoms with Crippen molar-refractivity contribution in [3.63, 3.8) is 0 Å². The summed E-state index contributed by atoms with van der Waals surface area (Å²) in [5, 5.41) is 72.1. The number of hydrogen-bond donors (Lipinski definition) is 6. The molecule has 2 aliphatic heterocycles. The van der Waals surface area contributed by atoms with Crippen LogP contribution in [0.25, 0.3) is 32.7 Å². The minimum Gasteiger partial charge on any atom is -0.507 e. The Labute approximate surface area is 358 Å². The van der Waals surface area contributed by atoms with E-state index in [0.29, 0.717) is 62.6 Å². The number of hydrogen-bond acceptors (Lipinski definition) is 13. The van der Waals surface area contributed by atoms with E-state index in [-0.39, 0.29) is 101 Å². The molecule has 13 nitrogen and oxygen atoms in total. The van der Waals surface area contributed by atoms with Crippen LogP contribution in [-0.4, -0.2) is 82.8 Å². The molecule has 0 amide bonds.